The molecule has 0 radical (unpaired) electrons. The largest absolute Gasteiger partial charge is 0.355 e. The molecule has 0 aliphatic heterocycles. The van der Waals surface area contributed by atoms with Crippen LogP contribution in [0.25, 0.3) is 0 Å². The monoisotopic (exact) mass is 319 g/mol. The number of amides is 2. The minimum Gasteiger partial charge on any atom is -0.355 e. The van der Waals surface area contributed by atoms with Gasteiger partial charge in [-0.3, -0.25) is 9.59 Å². The molecule has 0 aromatic heterocycles. The van der Waals surface area contributed by atoms with E-state index in [9.17, 15) is 9.59 Å². The molecule has 1 rings (SSSR count). The summed E-state index contributed by atoms with van der Waals surface area (Å²) in [5, 5.41) is 2.88. The Hall–Kier alpha value is -1.88. The van der Waals surface area contributed by atoms with Crippen LogP contribution < -0.4 is 5.32 Å². The number of rotatable bonds is 10. The fraction of sp³-hybridized carbons (Fsp3) is 0.556. The molecular weight excluding hydrogens is 290 g/mol. The van der Waals surface area contributed by atoms with Crippen LogP contribution in [0.2, 0.25) is 0 Å². The van der Waals surface area contributed by atoms with Gasteiger partial charge in [0.25, 0.3) is 0 Å². The third-order valence-electron chi connectivity index (χ3n) is 3.53. The number of nitrogens with one attached hydrogen (secondary N) is 1. The first kappa shape index (κ1) is 19.2. The van der Waals surface area contributed by atoms with E-state index in [0.717, 1.165) is 18.4 Å². The molecule has 1 aromatic carbocycles. The van der Waals surface area contributed by atoms with E-state index >= 15 is 0 Å². The van der Waals surface area contributed by atoms with E-state index in [2.05, 4.69) is 12.2 Å². The molecule has 0 saturated heterocycles. The lowest BCUT2D eigenvalue weighted by Crippen LogP contribution is -2.41. The zero-order chi connectivity index (χ0) is 17.1. The Morgan fingerprint density at radius 1 is 1.13 bits per heavy atom. The van der Waals surface area contributed by atoms with E-state index in [1.807, 2.05) is 49.3 Å². The molecular formula is C18H29N3O2. The maximum absolute atomic E-state index is 12.4. The van der Waals surface area contributed by atoms with Crippen LogP contribution in [0.5, 0.6) is 0 Å². The van der Waals surface area contributed by atoms with Crippen LogP contribution in [0.4, 0.5) is 0 Å². The molecule has 1 aromatic rings. The smallest absolute Gasteiger partial charge is 0.239 e. The molecule has 0 atom stereocenters. The number of hydrogen-bond acceptors (Lipinski definition) is 3. The normalized spacial score (nSPS) is 10.6. The summed E-state index contributed by atoms with van der Waals surface area (Å²) in [6.07, 6.45) is 2.41. The van der Waals surface area contributed by atoms with Crippen molar-refractivity contribution < 1.29 is 9.59 Å². The summed E-state index contributed by atoms with van der Waals surface area (Å²) in [6, 6.07) is 9.78. The summed E-state index contributed by atoms with van der Waals surface area (Å²) in [6.45, 7) is 4.01. The van der Waals surface area contributed by atoms with Crippen molar-refractivity contribution in [2.75, 3.05) is 33.7 Å². The van der Waals surface area contributed by atoms with Gasteiger partial charge in [-0.05, 0) is 26.1 Å². The molecule has 0 heterocycles. The second kappa shape index (κ2) is 10.8. The Kier molecular flexibility index (Phi) is 8.98. The van der Waals surface area contributed by atoms with E-state index in [1.54, 1.807) is 4.90 Å². The Balaban J connectivity index is 2.63. The third kappa shape index (κ3) is 8.35. The van der Waals surface area contributed by atoms with E-state index in [1.165, 1.54) is 0 Å². The first-order valence-electron chi connectivity index (χ1n) is 8.26. The van der Waals surface area contributed by atoms with Crippen LogP contribution in [-0.4, -0.2) is 55.3 Å². The van der Waals surface area contributed by atoms with Crippen LogP contribution in [-0.2, 0) is 16.1 Å². The molecule has 0 spiro atoms. The fourth-order valence-corrected chi connectivity index (χ4v) is 2.15. The Morgan fingerprint density at radius 2 is 1.83 bits per heavy atom. The molecule has 0 bridgehead atoms. The van der Waals surface area contributed by atoms with Gasteiger partial charge < -0.3 is 15.1 Å². The van der Waals surface area contributed by atoms with Gasteiger partial charge in [-0.25, -0.2) is 0 Å². The summed E-state index contributed by atoms with van der Waals surface area (Å²) >= 11 is 0. The number of hydrogen-bond donors (Lipinski definition) is 1. The quantitative estimate of drug-likeness (QED) is 0.670. The topological polar surface area (TPSA) is 52.7 Å². The first-order valence-corrected chi connectivity index (χ1v) is 8.26. The van der Waals surface area contributed by atoms with Gasteiger partial charge in [0, 0.05) is 26.1 Å². The highest BCUT2D eigenvalue weighted by molar-refractivity contribution is 5.84. The molecule has 0 fully saturated rings. The molecule has 5 heteroatoms. The fourth-order valence-electron chi connectivity index (χ4n) is 2.15. The minimum atomic E-state index is -0.0902. The summed E-state index contributed by atoms with van der Waals surface area (Å²) in [4.78, 5) is 28.1. The lowest BCUT2D eigenvalue weighted by atomic mass is 10.2. The van der Waals surface area contributed by atoms with Gasteiger partial charge in [0.15, 0.2) is 0 Å². The highest BCUT2D eigenvalue weighted by atomic mass is 16.2. The van der Waals surface area contributed by atoms with Crippen molar-refractivity contribution in [2.24, 2.45) is 0 Å². The molecule has 2 amide bonds. The second-order valence-corrected chi connectivity index (χ2v) is 5.99. The van der Waals surface area contributed by atoms with Gasteiger partial charge in [-0.15, -0.1) is 0 Å². The number of carbonyl (C=O) groups is 2. The first-order chi connectivity index (χ1) is 11.0. The highest BCUT2D eigenvalue weighted by Gasteiger charge is 2.17. The van der Waals surface area contributed by atoms with Crippen LogP contribution in [0, 0.1) is 0 Å². The Bertz CT molecular complexity index is 474. The minimum absolute atomic E-state index is 0.00759. The van der Waals surface area contributed by atoms with E-state index in [0.29, 0.717) is 26.1 Å². The van der Waals surface area contributed by atoms with E-state index < -0.39 is 0 Å². The lowest BCUT2D eigenvalue weighted by molar-refractivity contribution is -0.136. The number of nitrogens with zero attached hydrogens (tertiary/aromatic N) is 2. The maximum Gasteiger partial charge on any atom is 0.239 e. The van der Waals surface area contributed by atoms with Crippen molar-refractivity contribution >= 4 is 11.8 Å². The number of benzene rings is 1. The van der Waals surface area contributed by atoms with Crippen molar-refractivity contribution in [1.82, 2.24) is 15.1 Å². The van der Waals surface area contributed by atoms with Gasteiger partial charge in [0.2, 0.25) is 11.8 Å². The van der Waals surface area contributed by atoms with Crippen LogP contribution in [0.15, 0.2) is 30.3 Å². The van der Waals surface area contributed by atoms with Gasteiger partial charge >= 0.3 is 0 Å². The van der Waals surface area contributed by atoms with Gasteiger partial charge in [0.1, 0.15) is 0 Å². The second-order valence-electron chi connectivity index (χ2n) is 5.99. The molecule has 1 N–H and O–H groups in total. The molecule has 0 aliphatic carbocycles. The molecule has 0 aliphatic rings. The van der Waals surface area contributed by atoms with Gasteiger partial charge in [-0.2, -0.15) is 0 Å². The van der Waals surface area contributed by atoms with Crippen molar-refractivity contribution in [3.8, 4) is 0 Å². The summed E-state index contributed by atoms with van der Waals surface area (Å²) < 4.78 is 0. The predicted molar refractivity (Wildman–Crippen MR) is 92.9 cm³/mol. The van der Waals surface area contributed by atoms with E-state index in [-0.39, 0.29) is 18.4 Å². The summed E-state index contributed by atoms with van der Waals surface area (Å²) in [7, 11) is 3.87. The lowest BCUT2D eigenvalue weighted by Gasteiger charge is -2.23. The molecule has 128 valence electrons. The maximum atomic E-state index is 12.4. The van der Waals surface area contributed by atoms with Crippen molar-refractivity contribution in [3.05, 3.63) is 35.9 Å². The molecule has 0 saturated carbocycles. The Labute approximate surface area is 139 Å². The van der Waals surface area contributed by atoms with Crippen molar-refractivity contribution in [1.29, 1.82) is 0 Å². The van der Waals surface area contributed by atoms with Crippen molar-refractivity contribution in [2.45, 2.75) is 32.7 Å². The van der Waals surface area contributed by atoms with Crippen molar-refractivity contribution in [3.63, 3.8) is 0 Å². The summed E-state index contributed by atoms with van der Waals surface area (Å²) in [5.41, 5.74) is 1.03. The average Bonchev–Trinajstić information content (AvgIpc) is 2.53. The molecule has 0 unspecified atom stereocenters. The number of unbranched alkanes of at least 4 members (excludes halogenated alkanes) is 1. The predicted octanol–water partition coefficient (Wildman–Crippen LogP) is 1.88. The third-order valence-corrected chi connectivity index (χ3v) is 3.53. The van der Waals surface area contributed by atoms with Gasteiger partial charge in [-0.1, -0.05) is 43.7 Å². The molecule has 23 heavy (non-hydrogen) atoms. The van der Waals surface area contributed by atoms with Crippen LogP contribution in [0.3, 0.4) is 0 Å². The zero-order valence-corrected chi connectivity index (χ0v) is 14.5. The van der Waals surface area contributed by atoms with Gasteiger partial charge in [0.05, 0.1) is 6.54 Å². The number of carbonyl (C=O) groups excluding carboxylic acids is 2. The van der Waals surface area contributed by atoms with E-state index in [4.69, 9.17) is 0 Å². The highest BCUT2D eigenvalue weighted by Crippen LogP contribution is 2.06. The molecule has 5 nitrogen and oxygen atoms in total. The standard InChI is InChI=1S/C18H29N3O2/c1-4-5-12-19-17(22)15-21(18(23)11-13-20(2)3)14-16-9-7-6-8-10-16/h6-10H,4-5,11-15H2,1-3H3,(H,19,22). The summed E-state index contributed by atoms with van der Waals surface area (Å²) in [5.74, 6) is -0.0826. The average molecular weight is 319 g/mol. The Morgan fingerprint density at radius 3 is 2.43 bits per heavy atom. The SMILES string of the molecule is CCCCNC(=O)CN(Cc1ccccc1)C(=O)CCN(C)C. The van der Waals surface area contributed by atoms with Crippen LogP contribution in [0.1, 0.15) is 31.7 Å². The zero-order valence-electron chi connectivity index (χ0n) is 14.5. The van der Waals surface area contributed by atoms with Crippen LogP contribution >= 0.6 is 0 Å².